The summed E-state index contributed by atoms with van der Waals surface area (Å²) < 4.78 is 5.48. The van der Waals surface area contributed by atoms with Gasteiger partial charge < -0.3 is 10.1 Å². The Morgan fingerprint density at radius 1 is 1.17 bits per heavy atom. The van der Waals surface area contributed by atoms with Crippen LogP contribution in [0.15, 0.2) is 35.9 Å². The maximum Gasteiger partial charge on any atom is 0.123 e. The lowest BCUT2D eigenvalue weighted by atomic mass is 9.94. The van der Waals surface area contributed by atoms with Crippen LogP contribution in [-0.4, -0.2) is 14.2 Å². The standard InChI is InChI=1S/C16H23NO/c1-17-16(13-9-5-3-4-6-10-13)14-11-7-8-12-15(14)18-2/h7-9,11-12,16-17H,3-6,10H2,1-2H3. The van der Waals surface area contributed by atoms with Gasteiger partial charge in [-0.1, -0.05) is 36.3 Å². The molecule has 1 unspecified atom stereocenters. The van der Waals surface area contributed by atoms with Crippen molar-refractivity contribution in [3.05, 3.63) is 41.5 Å². The lowest BCUT2D eigenvalue weighted by molar-refractivity contribution is 0.404. The summed E-state index contributed by atoms with van der Waals surface area (Å²) in [6, 6.07) is 8.60. The highest BCUT2D eigenvalue weighted by molar-refractivity contribution is 5.40. The van der Waals surface area contributed by atoms with Gasteiger partial charge in [0.25, 0.3) is 0 Å². The van der Waals surface area contributed by atoms with Gasteiger partial charge in [0, 0.05) is 5.56 Å². The highest BCUT2D eigenvalue weighted by Gasteiger charge is 2.18. The summed E-state index contributed by atoms with van der Waals surface area (Å²) in [4.78, 5) is 0. The van der Waals surface area contributed by atoms with Crippen LogP contribution in [0, 0.1) is 0 Å². The third-order valence-electron chi connectivity index (χ3n) is 3.69. The second kappa shape index (κ2) is 6.60. The van der Waals surface area contributed by atoms with E-state index in [1.807, 2.05) is 19.2 Å². The molecule has 0 aromatic heterocycles. The first kappa shape index (κ1) is 13.2. The molecule has 0 radical (unpaired) electrons. The van der Waals surface area contributed by atoms with E-state index in [4.69, 9.17) is 4.74 Å². The molecule has 1 aromatic carbocycles. The molecule has 1 N–H and O–H groups in total. The molecule has 0 heterocycles. The topological polar surface area (TPSA) is 21.3 Å². The Balaban J connectivity index is 2.29. The van der Waals surface area contributed by atoms with Gasteiger partial charge in [-0.3, -0.25) is 0 Å². The molecule has 0 bridgehead atoms. The minimum absolute atomic E-state index is 0.291. The molecule has 0 amide bonds. The first-order valence-electron chi connectivity index (χ1n) is 6.86. The van der Waals surface area contributed by atoms with Crippen molar-refractivity contribution < 1.29 is 4.74 Å². The van der Waals surface area contributed by atoms with E-state index >= 15 is 0 Å². The van der Waals surface area contributed by atoms with Crippen LogP contribution in [0.2, 0.25) is 0 Å². The Hall–Kier alpha value is -1.28. The quantitative estimate of drug-likeness (QED) is 0.814. The Morgan fingerprint density at radius 3 is 2.78 bits per heavy atom. The maximum absolute atomic E-state index is 5.48. The smallest absolute Gasteiger partial charge is 0.123 e. The summed E-state index contributed by atoms with van der Waals surface area (Å²) >= 11 is 0. The number of likely N-dealkylation sites (N-methyl/N-ethyl adjacent to an activating group) is 1. The zero-order chi connectivity index (χ0) is 12.8. The second-order valence-corrected chi connectivity index (χ2v) is 4.84. The van der Waals surface area contributed by atoms with Crippen LogP contribution in [0.5, 0.6) is 5.75 Å². The molecule has 0 aliphatic heterocycles. The minimum Gasteiger partial charge on any atom is -0.496 e. The van der Waals surface area contributed by atoms with Crippen molar-refractivity contribution in [3.8, 4) is 5.75 Å². The van der Waals surface area contributed by atoms with Crippen LogP contribution >= 0.6 is 0 Å². The van der Waals surface area contributed by atoms with Crippen molar-refractivity contribution in [1.82, 2.24) is 5.32 Å². The van der Waals surface area contributed by atoms with Crippen LogP contribution in [0.1, 0.15) is 43.7 Å². The molecule has 2 rings (SSSR count). The van der Waals surface area contributed by atoms with Crippen molar-refractivity contribution in [1.29, 1.82) is 0 Å². The fourth-order valence-electron chi connectivity index (χ4n) is 2.75. The normalized spacial score (nSPS) is 17.8. The van der Waals surface area contributed by atoms with E-state index in [1.165, 1.54) is 43.2 Å². The summed E-state index contributed by atoms with van der Waals surface area (Å²) in [6.45, 7) is 0. The molecule has 1 aliphatic carbocycles. The van der Waals surface area contributed by atoms with Crippen molar-refractivity contribution in [2.75, 3.05) is 14.2 Å². The predicted molar refractivity (Wildman–Crippen MR) is 76.0 cm³/mol. The molecule has 0 fully saturated rings. The highest BCUT2D eigenvalue weighted by atomic mass is 16.5. The van der Waals surface area contributed by atoms with Gasteiger partial charge >= 0.3 is 0 Å². The van der Waals surface area contributed by atoms with Gasteiger partial charge in [-0.15, -0.1) is 0 Å². The largest absolute Gasteiger partial charge is 0.496 e. The number of hydrogen-bond acceptors (Lipinski definition) is 2. The summed E-state index contributed by atoms with van der Waals surface area (Å²) in [5, 5.41) is 3.44. The number of benzene rings is 1. The molecule has 2 nitrogen and oxygen atoms in total. The number of nitrogens with one attached hydrogen (secondary N) is 1. The van der Waals surface area contributed by atoms with Gasteiger partial charge in [-0.25, -0.2) is 0 Å². The molecule has 18 heavy (non-hydrogen) atoms. The Bertz CT molecular complexity index is 411. The van der Waals surface area contributed by atoms with Gasteiger partial charge in [-0.2, -0.15) is 0 Å². The maximum atomic E-state index is 5.48. The van der Waals surface area contributed by atoms with Gasteiger partial charge in [0.1, 0.15) is 5.75 Å². The Labute approximate surface area is 110 Å². The van der Waals surface area contributed by atoms with E-state index in [-0.39, 0.29) is 0 Å². The van der Waals surface area contributed by atoms with E-state index in [0.717, 1.165) is 5.75 Å². The molecule has 0 saturated carbocycles. The van der Waals surface area contributed by atoms with Crippen molar-refractivity contribution in [3.63, 3.8) is 0 Å². The summed E-state index contributed by atoms with van der Waals surface area (Å²) in [7, 11) is 3.77. The van der Waals surface area contributed by atoms with Crippen molar-refractivity contribution in [2.45, 2.75) is 38.1 Å². The van der Waals surface area contributed by atoms with E-state index in [2.05, 4.69) is 23.5 Å². The van der Waals surface area contributed by atoms with Crippen LogP contribution in [0.25, 0.3) is 0 Å². The SMILES string of the molecule is CNC(C1=CCCCCC1)c1ccccc1OC. The van der Waals surface area contributed by atoms with E-state index in [9.17, 15) is 0 Å². The number of rotatable bonds is 4. The van der Waals surface area contributed by atoms with Crippen molar-refractivity contribution in [2.24, 2.45) is 0 Å². The highest BCUT2D eigenvalue weighted by Crippen LogP contribution is 2.33. The van der Waals surface area contributed by atoms with Crippen LogP contribution < -0.4 is 10.1 Å². The third kappa shape index (κ3) is 2.94. The summed E-state index contributed by atoms with van der Waals surface area (Å²) in [5.74, 6) is 0.974. The number of para-hydroxylation sites is 1. The average Bonchev–Trinajstić information content (AvgIpc) is 2.69. The zero-order valence-corrected chi connectivity index (χ0v) is 11.4. The Morgan fingerprint density at radius 2 is 2.00 bits per heavy atom. The fourth-order valence-corrected chi connectivity index (χ4v) is 2.75. The lowest BCUT2D eigenvalue weighted by Crippen LogP contribution is -2.19. The van der Waals surface area contributed by atoms with Crippen LogP contribution in [-0.2, 0) is 0 Å². The monoisotopic (exact) mass is 245 g/mol. The summed E-state index contributed by atoms with van der Waals surface area (Å²) in [5.41, 5.74) is 2.76. The molecule has 1 atom stereocenters. The molecule has 1 aromatic rings. The van der Waals surface area contributed by atoms with Gasteiger partial charge in [0.2, 0.25) is 0 Å². The Kier molecular flexibility index (Phi) is 4.82. The van der Waals surface area contributed by atoms with Crippen LogP contribution in [0.4, 0.5) is 0 Å². The van der Waals surface area contributed by atoms with Crippen LogP contribution in [0.3, 0.4) is 0 Å². The van der Waals surface area contributed by atoms with Crippen molar-refractivity contribution >= 4 is 0 Å². The number of allylic oxidation sites excluding steroid dienone is 1. The predicted octanol–water partition coefficient (Wildman–Crippen LogP) is 3.85. The van der Waals surface area contributed by atoms with Gasteiger partial charge in [0.05, 0.1) is 13.2 Å². The van der Waals surface area contributed by atoms with E-state index < -0.39 is 0 Å². The number of methoxy groups -OCH3 is 1. The minimum atomic E-state index is 0.291. The molecular formula is C16H23NO. The molecule has 1 aliphatic rings. The third-order valence-corrected chi connectivity index (χ3v) is 3.69. The summed E-state index contributed by atoms with van der Waals surface area (Å²) in [6.07, 6.45) is 8.81. The first-order chi connectivity index (χ1) is 8.86. The first-order valence-corrected chi connectivity index (χ1v) is 6.86. The van der Waals surface area contributed by atoms with E-state index in [1.54, 1.807) is 7.11 Å². The van der Waals surface area contributed by atoms with Gasteiger partial charge in [0.15, 0.2) is 0 Å². The van der Waals surface area contributed by atoms with E-state index in [0.29, 0.717) is 6.04 Å². The second-order valence-electron chi connectivity index (χ2n) is 4.84. The zero-order valence-electron chi connectivity index (χ0n) is 11.4. The van der Waals surface area contributed by atoms with Gasteiger partial charge in [-0.05, 0) is 38.8 Å². The molecule has 2 heteroatoms. The lowest BCUT2D eigenvalue weighted by Gasteiger charge is -2.22. The fraction of sp³-hybridized carbons (Fsp3) is 0.500. The molecule has 0 spiro atoms. The molecular weight excluding hydrogens is 222 g/mol. The molecule has 0 saturated heterocycles. The molecule has 98 valence electrons. The number of hydrogen-bond donors (Lipinski definition) is 1. The average molecular weight is 245 g/mol. The number of ether oxygens (including phenoxy) is 1.